The summed E-state index contributed by atoms with van der Waals surface area (Å²) in [5.74, 6) is 0.854. The van der Waals surface area contributed by atoms with E-state index in [1.54, 1.807) is 7.05 Å². The van der Waals surface area contributed by atoms with Crippen LogP contribution in [-0.4, -0.2) is 18.9 Å². The lowest BCUT2D eigenvalue weighted by molar-refractivity contribution is 0.734. The summed E-state index contributed by atoms with van der Waals surface area (Å²) in [5, 5.41) is 4.02. The van der Waals surface area contributed by atoms with Gasteiger partial charge in [-0.1, -0.05) is 24.1 Å². The number of rotatable bonds is 4. The van der Waals surface area contributed by atoms with Gasteiger partial charge < -0.3 is 5.32 Å². The molecule has 0 aromatic heterocycles. The second-order valence-electron chi connectivity index (χ2n) is 3.72. The van der Waals surface area contributed by atoms with Crippen LogP contribution >= 0.6 is 11.6 Å². The Kier molecular flexibility index (Phi) is 7.14. The lowest BCUT2D eigenvalue weighted by Crippen LogP contribution is -2.28. The Labute approximate surface area is 98.1 Å². The number of halogens is 1. The third-order valence-corrected chi connectivity index (χ3v) is 2.45. The van der Waals surface area contributed by atoms with Gasteiger partial charge in [-0.3, -0.25) is 4.99 Å². The summed E-state index contributed by atoms with van der Waals surface area (Å²) in [6.07, 6.45) is 4.76. The van der Waals surface area contributed by atoms with Crippen molar-refractivity contribution in [1.29, 1.82) is 0 Å². The third-order valence-electron chi connectivity index (χ3n) is 2.00. The molecular weight excluding hydrogens is 208 g/mol. The van der Waals surface area contributed by atoms with Crippen LogP contribution in [0.3, 0.4) is 0 Å². The second-order valence-corrected chi connectivity index (χ2v) is 4.13. The fourth-order valence-corrected chi connectivity index (χ4v) is 1.14. The topological polar surface area (TPSA) is 24.4 Å². The average Bonchev–Trinajstić information content (AvgIpc) is 2.21. The molecule has 0 saturated carbocycles. The highest BCUT2D eigenvalue weighted by Crippen LogP contribution is 2.13. The minimum atomic E-state index is 0.378. The average molecular weight is 229 g/mol. The number of hydrogen-bond donors (Lipinski definition) is 1. The number of amidine groups is 1. The SMILES string of the molecule is CC/C(C)=C(Cl)/C=C\C(=NC)NC(C)C. The van der Waals surface area contributed by atoms with Gasteiger partial charge >= 0.3 is 0 Å². The van der Waals surface area contributed by atoms with E-state index in [0.29, 0.717) is 6.04 Å². The predicted molar refractivity (Wildman–Crippen MR) is 69.6 cm³/mol. The molecule has 0 rings (SSSR count). The van der Waals surface area contributed by atoms with Crippen molar-refractivity contribution in [2.24, 2.45) is 4.99 Å². The van der Waals surface area contributed by atoms with Gasteiger partial charge in [-0.2, -0.15) is 0 Å². The maximum absolute atomic E-state index is 6.08. The molecule has 0 bridgehead atoms. The molecule has 3 heteroatoms. The number of nitrogens with one attached hydrogen (secondary N) is 1. The highest BCUT2D eigenvalue weighted by atomic mass is 35.5. The summed E-state index contributed by atoms with van der Waals surface area (Å²) in [4.78, 5) is 4.12. The van der Waals surface area contributed by atoms with Crippen LogP contribution in [0, 0.1) is 0 Å². The van der Waals surface area contributed by atoms with Crippen molar-refractivity contribution < 1.29 is 0 Å². The Morgan fingerprint density at radius 1 is 1.40 bits per heavy atom. The smallest absolute Gasteiger partial charge is 0.120 e. The Morgan fingerprint density at radius 2 is 2.00 bits per heavy atom. The van der Waals surface area contributed by atoms with Crippen molar-refractivity contribution in [3.8, 4) is 0 Å². The summed E-state index contributed by atoms with van der Waals surface area (Å²) in [6.45, 7) is 8.28. The van der Waals surface area contributed by atoms with Crippen molar-refractivity contribution >= 4 is 17.4 Å². The molecule has 0 aliphatic rings. The molecular formula is C12H21ClN2. The maximum Gasteiger partial charge on any atom is 0.120 e. The molecule has 1 N–H and O–H groups in total. The molecule has 0 radical (unpaired) electrons. The van der Waals surface area contributed by atoms with Crippen LogP contribution in [0.25, 0.3) is 0 Å². The lowest BCUT2D eigenvalue weighted by atomic mass is 10.2. The van der Waals surface area contributed by atoms with Crippen LogP contribution in [0.4, 0.5) is 0 Å². The Balaban J connectivity index is 4.50. The zero-order chi connectivity index (χ0) is 11.8. The van der Waals surface area contributed by atoms with E-state index in [9.17, 15) is 0 Å². The van der Waals surface area contributed by atoms with Gasteiger partial charge in [0.15, 0.2) is 0 Å². The minimum absolute atomic E-state index is 0.378. The van der Waals surface area contributed by atoms with Crippen LogP contribution in [0.1, 0.15) is 34.1 Å². The quantitative estimate of drug-likeness (QED) is 0.445. The van der Waals surface area contributed by atoms with Crippen molar-refractivity contribution in [3.05, 3.63) is 22.8 Å². The van der Waals surface area contributed by atoms with Crippen molar-refractivity contribution in [3.63, 3.8) is 0 Å². The van der Waals surface area contributed by atoms with Crippen molar-refractivity contribution in [2.45, 2.75) is 40.2 Å². The molecule has 0 saturated heterocycles. The van der Waals surface area contributed by atoms with Gasteiger partial charge in [0.25, 0.3) is 0 Å². The minimum Gasteiger partial charge on any atom is -0.368 e. The molecule has 0 amide bonds. The van der Waals surface area contributed by atoms with Gasteiger partial charge in [0.1, 0.15) is 5.84 Å². The summed E-state index contributed by atoms with van der Waals surface area (Å²) in [6, 6.07) is 0.378. The van der Waals surface area contributed by atoms with Crippen LogP contribution in [0.2, 0.25) is 0 Å². The van der Waals surface area contributed by atoms with Gasteiger partial charge in [0.05, 0.1) is 0 Å². The Hall–Kier alpha value is -0.760. The number of allylic oxidation sites excluding steroid dienone is 3. The fraction of sp³-hybridized carbons (Fsp3) is 0.583. The van der Waals surface area contributed by atoms with E-state index in [1.165, 1.54) is 5.57 Å². The molecule has 0 spiro atoms. The van der Waals surface area contributed by atoms with E-state index in [1.807, 2.05) is 19.1 Å². The first kappa shape index (κ1) is 14.2. The highest BCUT2D eigenvalue weighted by Gasteiger charge is 1.97. The highest BCUT2D eigenvalue weighted by molar-refractivity contribution is 6.31. The Morgan fingerprint density at radius 3 is 2.40 bits per heavy atom. The van der Waals surface area contributed by atoms with Crippen LogP contribution in [0.5, 0.6) is 0 Å². The lowest BCUT2D eigenvalue weighted by Gasteiger charge is -2.08. The molecule has 0 aliphatic heterocycles. The van der Waals surface area contributed by atoms with Gasteiger partial charge in [-0.25, -0.2) is 0 Å². The van der Waals surface area contributed by atoms with Crippen molar-refractivity contribution in [2.75, 3.05) is 7.05 Å². The first-order chi connectivity index (χ1) is 7.01. The number of hydrogen-bond acceptors (Lipinski definition) is 1. The van der Waals surface area contributed by atoms with E-state index >= 15 is 0 Å². The summed E-state index contributed by atoms with van der Waals surface area (Å²) in [7, 11) is 1.76. The van der Waals surface area contributed by atoms with E-state index in [2.05, 4.69) is 31.1 Å². The fourth-order valence-electron chi connectivity index (χ4n) is 0.946. The predicted octanol–water partition coefficient (Wildman–Crippen LogP) is 3.49. The van der Waals surface area contributed by atoms with Crippen LogP contribution in [-0.2, 0) is 0 Å². The first-order valence-corrected chi connectivity index (χ1v) is 5.65. The molecule has 0 atom stereocenters. The number of nitrogens with zero attached hydrogens (tertiary/aromatic N) is 1. The molecule has 0 aromatic rings. The first-order valence-electron chi connectivity index (χ1n) is 5.27. The zero-order valence-corrected chi connectivity index (χ0v) is 11.0. The van der Waals surface area contributed by atoms with E-state index in [0.717, 1.165) is 17.3 Å². The molecule has 0 heterocycles. The summed E-state index contributed by atoms with van der Waals surface area (Å²) >= 11 is 6.08. The molecule has 86 valence electrons. The van der Waals surface area contributed by atoms with E-state index in [4.69, 9.17) is 11.6 Å². The van der Waals surface area contributed by atoms with Crippen LogP contribution in [0.15, 0.2) is 27.7 Å². The largest absolute Gasteiger partial charge is 0.368 e. The third kappa shape index (κ3) is 6.34. The molecule has 0 aliphatic carbocycles. The summed E-state index contributed by atoms with van der Waals surface area (Å²) < 4.78 is 0. The monoisotopic (exact) mass is 228 g/mol. The maximum atomic E-state index is 6.08. The van der Waals surface area contributed by atoms with Crippen molar-refractivity contribution in [1.82, 2.24) is 5.32 Å². The van der Waals surface area contributed by atoms with Crippen LogP contribution < -0.4 is 5.32 Å². The van der Waals surface area contributed by atoms with E-state index < -0.39 is 0 Å². The molecule has 0 unspecified atom stereocenters. The second kappa shape index (κ2) is 7.52. The zero-order valence-electron chi connectivity index (χ0n) is 10.3. The van der Waals surface area contributed by atoms with E-state index in [-0.39, 0.29) is 0 Å². The molecule has 2 nitrogen and oxygen atoms in total. The van der Waals surface area contributed by atoms with Gasteiger partial charge in [-0.15, -0.1) is 0 Å². The molecule has 15 heavy (non-hydrogen) atoms. The Bertz CT molecular complexity index is 275. The van der Waals surface area contributed by atoms with Gasteiger partial charge in [0.2, 0.25) is 0 Å². The molecule has 0 fully saturated rings. The molecule has 0 aromatic carbocycles. The normalized spacial score (nSPS) is 14.7. The number of aliphatic imine (C=N–C) groups is 1. The van der Waals surface area contributed by atoms with Gasteiger partial charge in [-0.05, 0) is 39.3 Å². The van der Waals surface area contributed by atoms with Gasteiger partial charge in [0, 0.05) is 18.1 Å². The standard InChI is InChI=1S/C12H21ClN2/c1-6-10(4)11(13)7-8-12(14-5)15-9(2)3/h7-9H,6H2,1-5H3,(H,14,15)/b8-7-,11-10-. The summed E-state index contributed by atoms with van der Waals surface area (Å²) in [5.41, 5.74) is 1.19.